The summed E-state index contributed by atoms with van der Waals surface area (Å²) < 4.78 is 5.29. The summed E-state index contributed by atoms with van der Waals surface area (Å²) in [6, 6.07) is -0.163. The van der Waals surface area contributed by atoms with Gasteiger partial charge in [0, 0.05) is 12.6 Å². The molecule has 1 saturated heterocycles. The number of ether oxygens (including phenoxy) is 1. The quantitative estimate of drug-likeness (QED) is 0.632. The summed E-state index contributed by atoms with van der Waals surface area (Å²) in [5.74, 6) is 0.504. The first-order valence-corrected chi connectivity index (χ1v) is 4.24. The Hall–Kier alpha value is -1.52. The van der Waals surface area contributed by atoms with Crippen molar-refractivity contribution >= 4 is 11.9 Å². The number of amides is 2. The Morgan fingerprint density at radius 2 is 2.62 bits per heavy atom. The van der Waals surface area contributed by atoms with Gasteiger partial charge in [-0.05, 0) is 13.0 Å². The van der Waals surface area contributed by atoms with Crippen LogP contribution in [0.25, 0.3) is 0 Å². The van der Waals surface area contributed by atoms with Crippen LogP contribution in [0.4, 0.5) is 4.79 Å². The minimum Gasteiger partial charge on any atom is -0.469 e. The zero-order valence-corrected chi connectivity index (χ0v) is 7.36. The van der Waals surface area contributed by atoms with Crippen LogP contribution in [0.1, 0.15) is 6.92 Å². The van der Waals surface area contributed by atoms with Crippen LogP contribution in [-0.2, 0) is 4.74 Å². The second-order valence-electron chi connectivity index (χ2n) is 2.98. The fraction of sp³-hybridized carbons (Fsp3) is 0.500. The average Bonchev–Trinajstić information content (AvgIpc) is 2.64. The first kappa shape index (κ1) is 8.10. The van der Waals surface area contributed by atoms with Gasteiger partial charge in [0.15, 0.2) is 0 Å². The summed E-state index contributed by atoms with van der Waals surface area (Å²) in [5, 5.41) is 8.06. The van der Waals surface area contributed by atoms with E-state index in [4.69, 9.17) is 4.74 Å². The van der Waals surface area contributed by atoms with Crippen molar-refractivity contribution in [2.75, 3.05) is 13.1 Å². The van der Waals surface area contributed by atoms with Crippen LogP contribution < -0.4 is 5.32 Å². The Balaban J connectivity index is 2.04. The second-order valence-corrected chi connectivity index (χ2v) is 2.98. The highest BCUT2D eigenvalue weighted by Crippen LogP contribution is 2.07. The third-order valence-corrected chi connectivity index (χ3v) is 1.87. The summed E-state index contributed by atoms with van der Waals surface area (Å²) in [6.07, 6.45) is 3.73. The smallest absolute Gasteiger partial charge is 0.338 e. The van der Waals surface area contributed by atoms with Gasteiger partial charge in [-0.2, -0.15) is 0 Å². The molecule has 70 valence electrons. The van der Waals surface area contributed by atoms with Gasteiger partial charge in [0.2, 0.25) is 5.90 Å². The van der Waals surface area contributed by atoms with E-state index in [1.807, 2.05) is 13.0 Å². The van der Waals surface area contributed by atoms with Crippen LogP contribution in [0.15, 0.2) is 17.3 Å². The summed E-state index contributed by atoms with van der Waals surface area (Å²) >= 11 is 0. The zero-order chi connectivity index (χ0) is 9.26. The summed E-state index contributed by atoms with van der Waals surface area (Å²) in [5.41, 5.74) is 0. The molecule has 0 bridgehead atoms. The molecule has 0 saturated carbocycles. The molecule has 2 rings (SSSR count). The van der Waals surface area contributed by atoms with E-state index in [0.29, 0.717) is 19.0 Å². The standard InChI is InChI=1S/C8H11N3O2/c1-6-2-3-7(13-6)10-11-5-4-9-8(11)12/h2-3,6H,4-5H2,1H3,(H,9,12). The first-order chi connectivity index (χ1) is 6.25. The number of nitrogens with zero attached hydrogens (tertiary/aromatic N) is 2. The minimum atomic E-state index is -0.163. The van der Waals surface area contributed by atoms with Crippen LogP contribution in [0, 0.1) is 0 Å². The number of urea groups is 1. The first-order valence-electron chi connectivity index (χ1n) is 4.24. The Kier molecular flexibility index (Phi) is 1.92. The number of nitrogens with one attached hydrogen (secondary N) is 1. The molecule has 1 atom stereocenters. The van der Waals surface area contributed by atoms with Gasteiger partial charge in [-0.1, -0.05) is 0 Å². The molecule has 0 spiro atoms. The number of hydrazone groups is 1. The van der Waals surface area contributed by atoms with E-state index in [2.05, 4.69) is 10.4 Å². The van der Waals surface area contributed by atoms with Gasteiger partial charge < -0.3 is 10.1 Å². The van der Waals surface area contributed by atoms with E-state index in [1.54, 1.807) is 6.08 Å². The highest BCUT2D eigenvalue weighted by atomic mass is 16.5. The van der Waals surface area contributed by atoms with Gasteiger partial charge >= 0.3 is 6.03 Å². The molecule has 2 aliphatic heterocycles. The number of carbonyl (C=O) groups excluding carboxylic acids is 1. The van der Waals surface area contributed by atoms with Crippen molar-refractivity contribution in [1.82, 2.24) is 10.3 Å². The van der Waals surface area contributed by atoms with E-state index in [-0.39, 0.29) is 12.1 Å². The van der Waals surface area contributed by atoms with Gasteiger partial charge in [0.1, 0.15) is 6.10 Å². The molecule has 0 aromatic rings. The van der Waals surface area contributed by atoms with Crippen LogP contribution >= 0.6 is 0 Å². The van der Waals surface area contributed by atoms with E-state index in [9.17, 15) is 4.79 Å². The summed E-state index contributed by atoms with van der Waals surface area (Å²) in [6.45, 7) is 3.17. The maximum absolute atomic E-state index is 11.1. The molecule has 2 heterocycles. The average molecular weight is 181 g/mol. The van der Waals surface area contributed by atoms with Crippen molar-refractivity contribution in [3.8, 4) is 0 Å². The number of carbonyl (C=O) groups is 1. The van der Waals surface area contributed by atoms with E-state index < -0.39 is 0 Å². The van der Waals surface area contributed by atoms with E-state index >= 15 is 0 Å². The van der Waals surface area contributed by atoms with Crippen molar-refractivity contribution < 1.29 is 9.53 Å². The Morgan fingerprint density at radius 3 is 3.15 bits per heavy atom. The molecule has 1 unspecified atom stereocenters. The van der Waals surface area contributed by atoms with Crippen molar-refractivity contribution in [1.29, 1.82) is 0 Å². The van der Waals surface area contributed by atoms with Crippen LogP contribution in [-0.4, -0.2) is 36.1 Å². The predicted molar refractivity (Wildman–Crippen MR) is 47.2 cm³/mol. The van der Waals surface area contributed by atoms with E-state index in [0.717, 1.165) is 0 Å². The molecule has 5 nitrogen and oxygen atoms in total. The van der Waals surface area contributed by atoms with Crippen molar-refractivity contribution in [2.45, 2.75) is 13.0 Å². The van der Waals surface area contributed by atoms with E-state index in [1.165, 1.54) is 5.01 Å². The number of hydrogen-bond donors (Lipinski definition) is 1. The molecule has 1 N–H and O–H groups in total. The molecule has 0 aromatic carbocycles. The van der Waals surface area contributed by atoms with Gasteiger partial charge in [0.05, 0.1) is 6.54 Å². The predicted octanol–water partition coefficient (Wildman–Crippen LogP) is 0.300. The maximum Gasteiger partial charge on any atom is 0.338 e. The molecule has 0 aromatic heterocycles. The van der Waals surface area contributed by atoms with Gasteiger partial charge in [-0.3, -0.25) is 0 Å². The van der Waals surface area contributed by atoms with Crippen LogP contribution in [0.5, 0.6) is 0 Å². The lowest BCUT2D eigenvalue weighted by molar-refractivity contribution is 0.214. The maximum atomic E-state index is 11.1. The Labute approximate surface area is 76.0 Å². The van der Waals surface area contributed by atoms with Crippen LogP contribution in [0.2, 0.25) is 0 Å². The fourth-order valence-corrected chi connectivity index (χ4v) is 1.22. The lowest BCUT2D eigenvalue weighted by Crippen LogP contribution is -2.24. The minimum absolute atomic E-state index is 0.0596. The van der Waals surface area contributed by atoms with Gasteiger partial charge in [-0.25, -0.2) is 9.80 Å². The molecule has 1 fully saturated rings. The fourth-order valence-electron chi connectivity index (χ4n) is 1.22. The monoisotopic (exact) mass is 181 g/mol. The van der Waals surface area contributed by atoms with Crippen molar-refractivity contribution in [3.63, 3.8) is 0 Å². The van der Waals surface area contributed by atoms with Gasteiger partial charge in [0.25, 0.3) is 0 Å². The van der Waals surface area contributed by atoms with Gasteiger partial charge in [-0.15, -0.1) is 5.10 Å². The third kappa shape index (κ3) is 1.63. The summed E-state index contributed by atoms with van der Waals surface area (Å²) in [4.78, 5) is 11.1. The largest absolute Gasteiger partial charge is 0.469 e. The third-order valence-electron chi connectivity index (χ3n) is 1.87. The molecule has 0 radical (unpaired) electrons. The number of rotatable bonds is 1. The second kappa shape index (κ2) is 3.08. The molecular weight excluding hydrogens is 170 g/mol. The molecule has 0 aliphatic carbocycles. The molecule has 13 heavy (non-hydrogen) atoms. The summed E-state index contributed by atoms with van der Waals surface area (Å²) in [7, 11) is 0. The number of hydrogen-bond acceptors (Lipinski definition) is 3. The normalized spacial score (nSPS) is 29.6. The lowest BCUT2D eigenvalue weighted by atomic mass is 10.4. The highest BCUT2D eigenvalue weighted by molar-refractivity contribution is 5.91. The zero-order valence-electron chi connectivity index (χ0n) is 7.36. The van der Waals surface area contributed by atoms with Crippen molar-refractivity contribution in [3.05, 3.63) is 12.2 Å². The topological polar surface area (TPSA) is 53.9 Å². The van der Waals surface area contributed by atoms with Crippen molar-refractivity contribution in [2.24, 2.45) is 5.10 Å². The molecule has 2 amide bonds. The molecule has 2 aliphatic rings. The molecule has 5 heteroatoms. The Morgan fingerprint density at radius 1 is 1.77 bits per heavy atom. The molecular formula is C8H11N3O2. The Bertz CT molecular complexity index is 285. The highest BCUT2D eigenvalue weighted by Gasteiger charge is 2.20. The van der Waals surface area contributed by atoms with Crippen LogP contribution in [0.3, 0.4) is 0 Å². The lowest BCUT2D eigenvalue weighted by Gasteiger charge is -2.08. The SMILES string of the molecule is CC1C=CC(=NN2CCNC2=O)O1.